The van der Waals surface area contributed by atoms with Crippen LogP contribution in [0.5, 0.6) is 11.5 Å². The maximum Gasteiger partial charge on any atom is 0.166 e. The number of hydrogen-bond acceptors (Lipinski definition) is 3. The van der Waals surface area contributed by atoms with Gasteiger partial charge in [-0.25, -0.2) is 0 Å². The lowest BCUT2D eigenvalue weighted by molar-refractivity contribution is 0.295. The minimum absolute atomic E-state index is 0.0581. The van der Waals surface area contributed by atoms with Crippen LogP contribution in [0.1, 0.15) is 57.2 Å². The van der Waals surface area contributed by atoms with Crippen molar-refractivity contribution in [1.29, 1.82) is 0 Å². The van der Waals surface area contributed by atoms with Crippen LogP contribution in [0.25, 0.3) is 0 Å². The quantitative estimate of drug-likeness (QED) is 0.906. The minimum atomic E-state index is 0.0581. The third-order valence-corrected chi connectivity index (χ3v) is 4.71. The topological polar surface area (TPSA) is 30.5 Å². The number of rotatable bonds is 3. The Balaban J connectivity index is 2.12. The molecular formula is C17H24ClNO2. The molecule has 1 aromatic carbocycles. The SMILES string of the molecule is CCCNC1CC(C)(C)c2c(Cl)cc3c(c21)OCCCO3. The summed E-state index contributed by atoms with van der Waals surface area (Å²) in [6, 6.07) is 2.23. The summed E-state index contributed by atoms with van der Waals surface area (Å²) in [4.78, 5) is 0. The number of hydrogen-bond donors (Lipinski definition) is 1. The molecule has 1 aliphatic carbocycles. The molecule has 1 unspecified atom stereocenters. The minimum Gasteiger partial charge on any atom is -0.489 e. The molecule has 0 radical (unpaired) electrons. The summed E-state index contributed by atoms with van der Waals surface area (Å²) in [5.74, 6) is 1.71. The number of halogens is 1. The summed E-state index contributed by atoms with van der Waals surface area (Å²) in [5, 5.41) is 4.45. The molecule has 0 spiro atoms. The van der Waals surface area contributed by atoms with E-state index in [9.17, 15) is 0 Å². The molecular weight excluding hydrogens is 286 g/mol. The van der Waals surface area contributed by atoms with Crippen LogP contribution >= 0.6 is 11.6 Å². The molecule has 3 rings (SSSR count). The average Bonchev–Trinajstić information content (AvgIpc) is 2.59. The first-order chi connectivity index (χ1) is 10.0. The first-order valence-electron chi connectivity index (χ1n) is 7.90. The standard InChI is InChI=1S/C17H24ClNO2/c1-4-6-19-12-10-17(2,3)15-11(18)9-13-16(14(12)15)21-8-5-7-20-13/h9,12,19H,4-8,10H2,1-3H3. The molecule has 3 nitrogen and oxygen atoms in total. The molecule has 0 saturated carbocycles. The van der Waals surface area contributed by atoms with E-state index in [-0.39, 0.29) is 5.41 Å². The van der Waals surface area contributed by atoms with Gasteiger partial charge >= 0.3 is 0 Å². The van der Waals surface area contributed by atoms with E-state index in [0.29, 0.717) is 19.3 Å². The van der Waals surface area contributed by atoms with Gasteiger partial charge < -0.3 is 14.8 Å². The summed E-state index contributed by atoms with van der Waals surface area (Å²) in [6.07, 6.45) is 3.08. The van der Waals surface area contributed by atoms with E-state index in [4.69, 9.17) is 21.1 Å². The van der Waals surface area contributed by atoms with Gasteiger partial charge in [-0.2, -0.15) is 0 Å². The second-order valence-electron chi connectivity index (χ2n) is 6.62. The Hall–Kier alpha value is -0.930. The van der Waals surface area contributed by atoms with Crippen molar-refractivity contribution >= 4 is 11.6 Å². The van der Waals surface area contributed by atoms with Crippen molar-refractivity contribution in [3.05, 3.63) is 22.2 Å². The van der Waals surface area contributed by atoms with Gasteiger partial charge in [-0.05, 0) is 30.4 Å². The first kappa shape index (κ1) is 15.0. The Morgan fingerprint density at radius 3 is 2.86 bits per heavy atom. The van der Waals surface area contributed by atoms with Crippen molar-refractivity contribution in [2.24, 2.45) is 0 Å². The zero-order chi connectivity index (χ0) is 15.0. The van der Waals surface area contributed by atoms with Gasteiger partial charge in [-0.15, -0.1) is 0 Å². The van der Waals surface area contributed by atoms with E-state index >= 15 is 0 Å². The lowest BCUT2D eigenvalue weighted by Crippen LogP contribution is -2.22. The maximum absolute atomic E-state index is 6.58. The largest absolute Gasteiger partial charge is 0.489 e. The van der Waals surface area contributed by atoms with Crippen molar-refractivity contribution in [2.45, 2.75) is 51.5 Å². The Morgan fingerprint density at radius 1 is 1.33 bits per heavy atom. The van der Waals surface area contributed by atoms with Crippen molar-refractivity contribution in [3.63, 3.8) is 0 Å². The van der Waals surface area contributed by atoms with Crippen LogP contribution in [0.3, 0.4) is 0 Å². The van der Waals surface area contributed by atoms with E-state index in [1.165, 1.54) is 11.1 Å². The predicted octanol–water partition coefficient (Wildman–Crippen LogP) is 4.22. The van der Waals surface area contributed by atoms with E-state index in [1.54, 1.807) is 0 Å². The van der Waals surface area contributed by atoms with Crippen LogP contribution < -0.4 is 14.8 Å². The van der Waals surface area contributed by atoms with Gasteiger partial charge in [0.05, 0.1) is 13.2 Å². The highest BCUT2D eigenvalue weighted by atomic mass is 35.5. The summed E-state index contributed by atoms with van der Waals surface area (Å²) in [6.45, 7) is 9.11. The Morgan fingerprint density at radius 2 is 2.10 bits per heavy atom. The second-order valence-corrected chi connectivity index (χ2v) is 7.03. The molecule has 0 aromatic heterocycles. The first-order valence-corrected chi connectivity index (χ1v) is 8.28. The molecule has 4 heteroatoms. The van der Waals surface area contributed by atoms with Crippen molar-refractivity contribution in [3.8, 4) is 11.5 Å². The Kier molecular flexibility index (Phi) is 4.06. The normalized spacial score (nSPS) is 22.8. The van der Waals surface area contributed by atoms with Gasteiger partial charge in [0.15, 0.2) is 11.5 Å². The third-order valence-electron chi connectivity index (χ3n) is 4.41. The molecule has 0 fully saturated rings. The number of ether oxygens (including phenoxy) is 2. The van der Waals surface area contributed by atoms with Crippen LogP contribution in [-0.2, 0) is 5.41 Å². The lowest BCUT2D eigenvalue weighted by atomic mass is 9.86. The van der Waals surface area contributed by atoms with Crippen LogP contribution in [0.2, 0.25) is 5.02 Å². The molecule has 1 aromatic rings. The molecule has 1 heterocycles. The predicted molar refractivity (Wildman–Crippen MR) is 85.7 cm³/mol. The fourth-order valence-corrected chi connectivity index (χ4v) is 3.98. The molecule has 1 N–H and O–H groups in total. The van der Waals surface area contributed by atoms with Crippen LogP contribution in [0.4, 0.5) is 0 Å². The monoisotopic (exact) mass is 309 g/mol. The van der Waals surface area contributed by atoms with E-state index in [0.717, 1.165) is 42.3 Å². The lowest BCUT2D eigenvalue weighted by Gasteiger charge is -2.21. The van der Waals surface area contributed by atoms with Gasteiger partial charge in [0.1, 0.15) is 0 Å². The summed E-state index contributed by atoms with van der Waals surface area (Å²) in [7, 11) is 0. The van der Waals surface area contributed by atoms with Crippen molar-refractivity contribution < 1.29 is 9.47 Å². The van der Waals surface area contributed by atoms with E-state index in [1.807, 2.05) is 6.07 Å². The van der Waals surface area contributed by atoms with E-state index in [2.05, 4.69) is 26.1 Å². The van der Waals surface area contributed by atoms with E-state index < -0.39 is 0 Å². The summed E-state index contributed by atoms with van der Waals surface area (Å²) < 4.78 is 11.9. The molecule has 0 bridgehead atoms. The van der Waals surface area contributed by atoms with Crippen LogP contribution in [0.15, 0.2) is 6.07 Å². The molecule has 116 valence electrons. The molecule has 0 saturated heterocycles. The number of nitrogens with one attached hydrogen (secondary N) is 1. The maximum atomic E-state index is 6.58. The van der Waals surface area contributed by atoms with Gasteiger partial charge in [-0.1, -0.05) is 32.4 Å². The van der Waals surface area contributed by atoms with Crippen molar-refractivity contribution in [2.75, 3.05) is 19.8 Å². The third kappa shape index (κ3) is 2.62. The zero-order valence-electron chi connectivity index (χ0n) is 13.1. The zero-order valence-corrected chi connectivity index (χ0v) is 13.8. The van der Waals surface area contributed by atoms with Crippen molar-refractivity contribution in [1.82, 2.24) is 5.32 Å². The Labute approximate surface area is 132 Å². The van der Waals surface area contributed by atoms with Crippen LogP contribution in [0, 0.1) is 0 Å². The number of fused-ring (bicyclic) bond motifs is 3. The molecule has 0 amide bonds. The fraction of sp³-hybridized carbons (Fsp3) is 0.647. The van der Waals surface area contributed by atoms with Crippen LogP contribution in [-0.4, -0.2) is 19.8 Å². The molecule has 1 aliphatic heterocycles. The van der Waals surface area contributed by atoms with Gasteiger partial charge in [0, 0.05) is 29.1 Å². The average molecular weight is 310 g/mol. The molecule has 21 heavy (non-hydrogen) atoms. The van der Waals surface area contributed by atoms with Gasteiger partial charge in [0.2, 0.25) is 0 Å². The highest BCUT2D eigenvalue weighted by Gasteiger charge is 2.42. The number of benzene rings is 1. The summed E-state index contributed by atoms with van der Waals surface area (Å²) >= 11 is 6.58. The van der Waals surface area contributed by atoms with Gasteiger partial charge in [-0.3, -0.25) is 0 Å². The second kappa shape index (κ2) is 5.69. The highest BCUT2D eigenvalue weighted by Crippen LogP contribution is 2.54. The summed E-state index contributed by atoms with van der Waals surface area (Å²) in [5.41, 5.74) is 2.50. The Bertz CT molecular complexity index is 542. The molecule has 1 atom stereocenters. The highest BCUT2D eigenvalue weighted by molar-refractivity contribution is 6.32. The van der Waals surface area contributed by atoms with Gasteiger partial charge in [0.25, 0.3) is 0 Å². The molecule has 2 aliphatic rings. The fourth-order valence-electron chi connectivity index (χ4n) is 3.53. The smallest absolute Gasteiger partial charge is 0.166 e.